The van der Waals surface area contributed by atoms with Gasteiger partial charge < -0.3 is 5.32 Å². The van der Waals surface area contributed by atoms with Crippen LogP contribution in [-0.4, -0.2) is 37.5 Å². The molecule has 1 aliphatic heterocycles. The van der Waals surface area contributed by atoms with Gasteiger partial charge >= 0.3 is 0 Å². The van der Waals surface area contributed by atoms with E-state index in [4.69, 9.17) is 0 Å². The quantitative estimate of drug-likeness (QED) is 0.668. The highest BCUT2D eigenvalue weighted by Gasteiger charge is 2.31. The van der Waals surface area contributed by atoms with Crippen molar-refractivity contribution in [2.75, 3.05) is 18.8 Å². The zero-order valence-electron chi connectivity index (χ0n) is 18.8. The van der Waals surface area contributed by atoms with Crippen molar-refractivity contribution in [1.29, 1.82) is 0 Å². The molecule has 5 nitrogen and oxygen atoms in total. The van der Waals surface area contributed by atoms with Gasteiger partial charge in [-0.2, -0.15) is 0 Å². The van der Waals surface area contributed by atoms with Crippen LogP contribution in [0, 0.1) is 19.8 Å². The number of amides is 1. The minimum atomic E-state index is -3.28. The molecule has 1 fully saturated rings. The highest BCUT2D eigenvalue weighted by atomic mass is 32.2. The standard InChI is InChI=1S/C25H34N2O3S/c1-19-11-12-20(2)24(18-19)21(3)26-25(28)23-13-15-27(16-14-23)31(29,30)17-7-10-22-8-5-4-6-9-22/h4-6,8-9,11-12,18,21,23H,7,10,13-17H2,1-3H3,(H,26,28)/t21-/m1/s1. The Morgan fingerprint density at radius 2 is 1.77 bits per heavy atom. The predicted molar refractivity (Wildman–Crippen MR) is 125 cm³/mol. The van der Waals surface area contributed by atoms with Crippen molar-refractivity contribution < 1.29 is 13.2 Å². The first-order chi connectivity index (χ1) is 14.8. The van der Waals surface area contributed by atoms with Crippen molar-refractivity contribution in [2.24, 2.45) is 5.92 Å². The summed E-state index contributed by atoms with van der Waals surface area (Å²) in [6, 6.07) is 16.2. The Morgan fingerprint density at radius 1 is 1.10 bits per heavy atom. The monoisotopic (exact) mass is 442 g/mol. The molecule has 3 rings (SSSR count). The van der Waals surface area contributed by atoms with Gasteiger partial charge in [0.15, 0.2) is 0 Å². The molecule has 1 heterocycles. The van der Waals surface area contributed by atoms with E-state index in [2.05, 4.69) is 30.4 Å². The van der Waals surface area contributed by atoms with Gasteiger partial charge in [0.05, 0.1) is 11.8 Å². The number of piperidine rings is 1. The first-order valence-electron chi connectivity index (χ1n) is 11.2. The largest absolute Gasteiger partial charge is 0.349 e. The van der Waals surface area contributed by atoms with Crippen molar-refractivity contribution in [3.8, 4) is 0 Å². The maximum absolute atomic E-state index is 12.8. The summed E-state index contributed by atoms with van der Waals surface area (Å²) in [6.07, 6.45) is 2.52. The summed E-state index contributed by atoms with van der Waals surface area (Å²) in [5.41, 5.74) is 4.63. The van der Waals surface area contributed by atoms with Crippen LogP contribution in [0.3, 0.4) is 0 Å². The maximum atomic E-state index is 12.8. The molecule has 0 spiro atoms. The van der Waals surface area contributed by atoms with Crippen molar-refractivity contribution in [3.63, 3.8) is 0 Å². The molecule has 31 heavy (non-hydrogen) atoms. The van der Waals surface area contributed by atoms with Crippen LogP contribution in [0.15, 0.2) is 48.5 Å². The summed E-state index contributed by atoms with van der Waals surface area (Å²) in [5, 5.41) is 3.13. The van der Waals surface area contributed by atoms with E-state index in [-0.39, 0.29) is 23.6 Å². The molecule has 1 atom stereocenters. The third-order valence-electron chi connectivity index (χ3n) is 6.19. The fraction of sp³-hybridized carbons (Fsp3) is 0.480. The van der Waals surface area contributed by atoms with Gasteiger partial charge in [0, 0.05) is 19.0 Å². The van der Waals surface area contributed by atoms with Crippen LogP contribution in [0.25, 0.3) is 0 Å². The van der Waals surface area contributed by atoms with E-state index in [1.165, 1.54) is 5.56 Å². The highest BCUT2D eigenvalue weighted by molar-refractivity contribution is 7.89. The Balaban J connectivity index is 1.47. The van der Waals surface area contributed by atoms with Gasteiger partial charge in [-0.1, -0.05) is 54.1 Å². The molecule has 6 heteroatoms. The number of hydrogen-bond acceptors (Lipinski definition) is 3. The number of carbonyl (C=O) groups is 1. The third-order valence-corrected chi connectivity index (χ3v) is 8.15. The molecule has 0 aromatic heterocycles. The van der Waals surface area contributed by atoms with Crippen LogP contribution in [0.4, 0.5) is 0 Å². The van der Waals surface area contributed by atoms with Gasteiger partial charge in [0.25, 0.3) is 0 Å². The van der Waals surface area contributed by atoms with E-state index in [1.807, 2.05) is 44.2 Å². The first kappa shape index (κ1) is 23.5. The molecule has 0 unspecified atom stereocenters. The van der Waals surface area contributed by atoms with Crippen molar-refractivity contribution in [3.05, 3.63) is 70.8 Å². The molecule has 0 bridgehead atoms. The Kier molecular flexibility index (Phi) is 7.89. The molecule has 2 aromatic rings. The summed E-state index contributed by atoms with van der Waals surface area (Å²) in [6.45, 7) is 6.95. The lowest BCUT2D eigenvalue weighted by atomic mass is 9.95. The van der Waals surface area contributed by atoms with Crippen LogP contribution in [0.5, 0.6) is 0 Å². The second-order valence-corrected chi connectivity index (χ2v) is 10.8. The summed E-state index contributed by atoms with van der Waals surface area (Å²) in [5.74, 6) is 0.0421. The van der Waals surface area contributed by atoms with E-state index in [0.29, 0.717) is 32.4 Å². The van der Waals surface area contributed by atoms with E-state index < -0.39 is 10.0 Å². The lowest BCUT2D eigenvalue weighted by molar-refractivity contribution is -0.126. The second-order valence-electron chi connectivity index (χ2n) is 8.67. The Bertz CT molecular complexity index is 981. The van der Waals surface area contributed by atoms with E-state index in [1.54, 1.807) is 4.31 Å². The van der Waals surface area contributed by atoms with Gasteiger partial charge in [-0.05, 0) is 63.1 Å². The van der Waals surface area contributed by atoms with E-state index >= 15 is 0 Å². The smallest absolute Gasteiger partial charge is 0.223 e. The molecule has 1 saturated heterocycles. The number of nitrogens with zero attached hydrogens (tertiary/aromatic N) is 1. The van der Waals surface area contributed by atoms with Gasteiger partial charge in [-0.15, -0.1) is 0 Å². The Labute approximate surface area is 186 Å². The van der Waals surface area contributed by atoms with Gasteiger partial charge in [-0.3, -0.25) is 4.79 Å². The van der Waals surface area contributed by atoms with Crippen molar-refractivity contribution in [2.45, 2.75) is 52.5 Å². The topological polar surface area (TPSA) is 66.5 Å². The lowest BCUT2D eigenvalue weighted by Gasteiger charge is -2.31. The van der Waals surface area contributed by atoms with E-state index in [0.717, 1.165) is 23.1 Å². The molecular weight excluding hydrogens is 408 g/mol. The fourth-order valence-corrected chi connectivity index (χ4v) is 5.80. The number of sulfonamides is 1. The van der Waals surface area contributed by atoms with E-state index in [9.17, 15) is 13.2 Å². The predicted octanol–water partition coefficient (Wildman–Crippen LogP) is 4.16. The van der Waals surface area contributed by atoms with Crippen LogP contribution in [-0.2, 0) is 21.2 Å². The number of rotatable bonds is 8. The molecule has 168 valence electrons. The molecule has 0 aliphatic carbocycles. The number of hydrogen-bond donors (Lipinski definition) is 1. The molecule has 1 amide bonds. The minimum absolute atomic E-state index is 0.0227. The van der Waals surface area contributed by atoms with Crippen LogP contribution < -0.4 is 5.32 Å². The Hall–Kier alpha value is -2.18. The lowest BCUT2D eigenvalue weighted by Crippen LogP contribution is -2.44. The number of benzene rings is 2. The molecule has 1 N–H and O–H groups in total. The molecule has 2 aromatic carbocycles. The average Bonchev–Trinajstić information content (AvgIpc) is 2.76. The number of aryl methyl sites for hydroxylation is 3. The summed E-state index contributed by atoms with van der Waals surface area (Å²) in [4.78, 5) is 12.8. The normalized spacial score (nSPS) is 16.7. The summed E-state index contributed by atoms with van der Waals surface area (Å²) in [7, 11) is -3.28. The maximum Gasteiger partial charge on any atom is 0.223 e. The minimum Gasteiger partial charge on any atom is -0.349 e. The fourth-order valence-electron chi connectivity index (χ4n) is 4.26. The number of carbonyl (C=O) groups excluding carboxylic acids is 1. The molecule has 1 aliphatic rings. The molecule has 0 saturated carbocycles. The van der Waals surface area contributed by atoms with Gasteiger partial charge in [0.1, 0.15) is 0 Å². The highest BCUT2D eigenvalue weighted by Crippen LogP contribution is 2.23. The van der Waals surface area contributed by atoms with Crippen LogP contribution in [0.2, 0.25) is 0 Å². The van der Waals surface area contributed by atoms with Crippen molar-refractivity contribution in [1.82, 2.24) is 9.62 Å². The van der Waals surface area contributed by atoms with Crippen LogP contribution in [0.1, 0.15) is 54.5 Å². The van der Waals surface area contributed by atoms with Crippen LogP contribution >= 0.6 is 0 Å². The Morgan fingerprint density at radius 3 is 2.45 bits per heavy atom. The SMILES string of the molecule is Cc1ccc(C)c([C@@H](C)NC(=O)C2CCN(S(=O)(=O)CCCc3ccccc3)CC2)c1. The van der Waals surface area contributed by atoms with Gasteiger partial charge in [-0.25, -0.2) is 12.7 Å². The molecular formula is C25H34N2O3S. The third kappa shape index (κ3) is 6.40. The summed E-state index contributed by atoms with van der Waals surface area (Å²) >= 11 is 0. The first-order valence-corrected chi connectivity index (χ1v) is 12.8. The summed E-state index contributed by atoms with van der Waals surface area (Å²) < 4.78 is 27.0. The zero-order chi connectivity index (χ0) is 22.4. The second kappa shape index (κ2) is 10.4. The van der Waals surface area contributed by atoms with Gasteiger partial charge in [0.2, 0.25) is 15.9 Å². The average molecular weight is 443 g/mol. The number of nitrogens with one attached hydrogen (secondary N) is 1. The molecule has 0 radical (unpaired) electrons. The van der Waals surface area contributed by atoms with Crippen molar-refractivity contribution >= 4 is 15.9 Å². The zero-order valence-corrected chi connectivity index (χ0v) is 19.6.